The van der Waals surface area contributed by atoms with Crippen molar-refractivity contribution in [3.8, 4) is 0 Å². The molecule has 3 rings (SSSR count). The lowest BCUT2D eigenvalue weighted by Crippen LogP contribution is -2.51. The van der Waals surface area contributed by atoms with E-state index in [9.17, 15) is 5.11 Å². The lowest BCUT2D eigenvalue weighted by molar-refractivity contribution is -0.00126. The number of β-amino-alcohol motifs (C(OH)–C–C–N with tert-alkyl or cyclic N) is 1. The number of aliphatic hydroxyl groups is 1. The molecule has 1 aromatic rings. The summed E-state index contributed by atoms with van der Waals surface area (Å²) in [7, 11) is 0. The zero-order chi connectivity index (χ0) is 14.0. The van der Waals surface area contributed by atoms with E-state index in [0.29, 0.717) is 0 Å². The predicted molar refractivity (Wildman–Crippen MR) is 83.3 cm³/mol. The molecule has 3 heteroatoms. The molecule has 1 aromatic carbocycles. The van der Waals surface area contributed by atoms with Gasteiger partial charge in [-0.1, -0.05) is 36.6 Å². The smallest absolute Gasteiger partial charge is 0.0763 e. The Balaban J connectivity index is 1.72. The zero-order valence-corrected chi connectivity index (χ0v) is 12.8. The zero-order valence-electron chi connectivity index (χ0n) is 12.0. The highest BCUT2D eigenvalue weighted by Crippen LogP contribution is 2.47. The predicted octanol–water partition coefficient (Wildman–Crippen LogP) is 3.61. The maximum atomic E-state index is 10.8. The van der Waals surface area contributed by atoms with Crippen molar-refractivity contribution in [3.05, 3.63) is 34.9 Å². The number of benzene rings is 1. The molecular weight excluding hydrogens is 270 g/mol. The maximum Gasteiger partial charge on any atom is 0.0763 e. The fraction of sp³-hybridized carbons (Fsp3) is 0.647. The second-order valence-corrected chi connectivity index (χ2v) is 6.83. The highest BCUT2D eigenvalue weighted by molar-refractivity contribution is 6.30. The minimum Gasteiger partial charge on any atom is -0.391 e. The highest BCUT2D eigenvalue weighted by Gasteiger charge is 2.45. The molecule has 110 valence electrons. The SMILES string of the molecule is OC(CN1CCCCC1)C1(c2ccc(Cl)cc2)CCC1. The monoisotopic (exact) mass is 293 g/mol. The quantitative estimate of drug-likeness (QED) is 0.917. The molecule has 1 saturated carbocycles. The average molecular weight is 294 g/mol. The molecule has 1 heterocycles. The van der Waals surface area contributed by atoms with Crippen molar-refractivity contribution in [1.82, 2.24) is 4.90 Å². The first-order valence-electron chi connectivity index (χ1n) is 7.87. The summed E-state index contributed by atoms with van der Waals surface area (Å²) in [6, 6.07) is 8.09. The van der Waals surface area contributed by atoms with Crippen LogP contribution in [0.2, 0.25) is 5.02 Å². The number of aliphatic hydroxyl groups excluding tert-OH is 1. The van der Waals surface area contributed by atoms with Crippen molar-refractivity contribution >= 4 is 11.6 Å². The van der Waals surface area contributed by atoms with Crippen molar-refractivity contribution in [1.29, 1.82) is 0 Å². The lowest BCUT2D eigenvalue weighted by atomic mass is 9.61. The molecule has 1 atom stereocenters. The normalized spacial score (nSPS) is 24.1. The van der Waals surface area contributed by atoms with Crippen molar-refractivity contribution in [2.45, 2.75) is 50.0 Å². The van der Waals surface area contributed by atoms with Gasteiger partial charge in [-0.3, -0.25) is 0 Å². The Hall–Kier alpha value is -0.570. The second-order valence-electron chi connectivity index (χ2n) is 6.39. The van der Waals surface area contributed by atoms with Gasteiger partial charge in [0.1, 0.15) is 0 Å². The molecule has 0 amide bonds. The highest BCUT2D eigenvalue weighted by atomic mass is 35.5. The first-order valence-corrected chi connectivity index (χ1v) is 8.25. The van der Waals surface area contributed by atoms with E-state index in [1.54, 1.807) is 0 Å². The molecule has 1 N–H and O–H groups in total. The largest absolute Gasteiger partial charge is 0.391 e. The molecule has 0 bridgehead atoms. The van der Waals surface area contributed by atoms with Gasteiger partial charge in [0.2, 0.25) is 0 Å². The van der Waals surface area contributed by atoms with Gasteiger partial charge in [-0.05, 0) is 56.5 Å². The molecule has 1 saturated heterocycles. The summed E-state index contributed by atoms with van der Waals surface area (Å²) in [6.07, 6.45) is 7.07. The maximum absolute atomic E-state index is 10.8. The van der Waals surface area contributed by atoms with Crippen LogP contribution in [-0.2, 0) is 5.41 Å². The summed E-state index contributed by atoms with van der Waals surface area (Å²) in [5.74, 6) is 0. The van der Waals surface area contributed by atoms with Gasteiger partial charge in [-0.25, -0.2) is 0 Å². The summed E-state index contributed by atoms with van der Waals surface area (Å²) in [5, 5.41) is 11.6. The van der Waals surface area contributed by atoms with Crippen molar-refractivity contribution in [3.63, 3.8) is 0 Å². The molecule has 2 aliphatic rings. The van der Waals surface area contributed by atoms with Crippen LogP contribution < -0.4 is 0 Å². The van der Waals surface area contributed by atoms with E-state index >= 15 is 0 Å². The third kappa shape index (κ3) is 2.74. The molecule has 2 nitrogen and oxygen atoms in total. The fourth-order valence-corrected chi connectivity index (χ4v) is 3.84. The molecule has 0 spiro atoms. The summed E-state index contributed by atoms with van der Waals surface area (Å²) >= 11 is 5.99. The summed E-state index contributed by atoms with van der Waals surface area (Å²) < 4.78 is 0. The number of halogens is 1. The van der Waals surface area contributed by atoms with Gasteiger partial charge < -0.3 is 10.0 Å². The van der Waals surface area contributed by atoms with E-state index in [1.807, 2.05) is 12.1 Å². The van der Waals surface area contributed by atoms with Crippen LogP contribution in [0.25, 0.3) is 0 Å². The second kappa shape index (κ2) is 6.05. The molecule has 20 heavy (non-hydrogen) atoms. The summed E-state index contributed by atoms with van der Waals surface area (Å²) in [5.41, 5.74) is 1.24. The average Bonchev–Trinajstić information content (AvgIpc) is 2.41. The number of likely N-dealkylation sites (tertiary alicyclic amines) is 1. The van der Waals surface area contributed by atoms with Gasteiger partial charge in [0.25, 0.3) is 0 Å². The van der Waals surface area contributed by atoms with E-state index in [4.69, 9.17) is 11.6 Å². The molecule has 1 unspecified atom stereocenters. The Morgan fingerprint density at radius 1 is 1.05 bits per heavy atom. The molecule has 1 aliphatic heterocycles. The van der Waals surface area contributed by atoms with Gasteiger partial charge in [0, 0.05) is 17.0 Å². The van der Waals surface area contributed by atoms with Crippen LogP contribution in [0.3, 0.4) is 0 Å². The van der Waals surface area contributed by atoms with E-state index in [-0.39, 0.29) is 11.5 Å². The van der Waals surface area contributed by atoms with Crippen LogP contribution >= 0.6 is 11.6 Å². The summed E-state index contributed by atoms with van der Waals surface area (Å²) in [6.45, 7) is 3.12. The van der Waals surface area contributed by atoms with Gasteiger partial charge in [-0.2, -0.15) is 0 Å². The van der Waals surface area contributed by atoms with Crippen LogP contribution in [0.5, 0.6) is 0 Å². The van der Waals surface area contributed by atoms with E-state index < -0.39 is 0 Å². The van der Waals surface area contributed by atoms with Gasteiger partial charge in [0.15, 0.2) is 0 Å². The fourth-order valence-electron chi connectivity index (χ4n) is 3.72. The van der Waals surface area contributed by atoms with E-state index in [2.05, 4.69) is 17.0 Å². The minimum absolute atomic E-state index is 0.0258. The summed E-state index contributed by atoms with van der Waals surface area (Å²) in [4.78, 5) is 2.43. The Morgan fingerprint density at radius 2 is 1.70 bits per heavy atom. The standard InChI is InChI=1S/C17H24ClNO/c18-15-7-5-14(6-8-15)17(9-4-10-17)16(20)13-19-11-2-1-3-12-19/h5-8,16,20H,1-4,9-13H2. The van der Waals surface area contributed by atoms with Crippen LogP contribution in [0, 0.1) is 0 Å². The van der Waals surface area contributed by atoms with Gasteiger partial charge in [0.05, 0.1) is 6.10 Å². The molecule has 0 aromatic heterocycles. The molecule has 1 aliphatic carbocycles. The number of hydrogen-bond donors (Lipinski definition) is 1. The first-order chi connectivity index (χ1) is 9.71. The van der Waals surface area contributed by atoms with E-state index in [1.165, 1.54) is 31.2 Å². The third-order valence-corrected chi connectivity index (χ3v) is 5.43. The van der Waals surface area contributed by atoms with E-state index in [0.717, 1.165) is 37.5 Å². The van der Waals surface area contributed by atoms with Crippen LogP contribution in [0.15, 0.2) is 24.3 Å². The Bertz CT molecular complexity index is 435. The number of piperidine rings is 1. The van der Waals surface area contributed by atoms with Crippen LogP contribution in [0.4, 0.5) is 0 Å². The number of nitrogens with zero attached hydrogens (tertiary/aromatic N) is 1. The molecular formula is C17H24ClNO. The number of rotatable bonds is 4. The molecule has 0 radical (unpaired) electrons. The Morgan fingerprint density at radius 3 is 2.25 bits per heavy atom. The topological polar surface area (TPSA) is 23.5 Å². The minimum atomic E-state index is -0.254. The van der Waals surface area contributed by atoms with Crippen molar-refractivity contribution in [2.75, 3.05) is 19.6 Å². The van der Waals surface area contributed by atoms with Crippen molar-refractivity contribution in [2.24, 2.45) is 0 Å². The first kappa shape index (κ1) is 14.4. The molecule has 2 fully saturated rings. The number of hydrogen-bond acceptors (Lipinski definition) is 2. The Labute approximate surface area is 126 Å². The van der Waals surface area contributed by atoms with Crippen molar-refractivity contribution < 1.29 is 5.11 Å². The third-order valence-electron chi connectivity index (χ3n) is 5.18. The van der Waals surface area contributed by atoms with Gasteiger partial charge in [-0.15, -0.1) is 0 Å². The van der Waals surface area contributed by atoms with Crippen LogP contribution in [-0.4, -0.2) is 35.7 Å². The lowest BCUT2D eigenvalue weighted by Gasteiger charge is -2.47. The Kier molecular flexibility index (Phi) is 4.34. The van der Waals surface area contributed by atoms with Crippen LogP contribution in [0.1, 0.15) is 44.1 Å². The van der Waals surface area contributed by atoms with Gasteiger partial charge >= 0.3 is 0 Å².